The molecule has 1 aliphatic heterocycles. The van der Waals surface area contributed by atoms with Crippen molar-refractivity contribution >= 4 is 17.9 Å². The molecule has 0 spiro atoms. The number of nitrogens with two attached hydrogens (primary N) is 1. The number of aliphatic carboxylic acids is 1. The third-order valence-corrected chi connectivity index (χ3v) is 4.11. The van der Waals surface area contributed by atoms with Crippen LogP contribution >= 0.6 is 0 Å². The van der Waals surface area contributed by atoms with Gasteiger partial charge in [-0.2, -0.15) is 0 Å². The van der Waals surface area contributed by atoms with E-state index in [9.17, 15) is 14.4 Å². The molecule has 1 heterocycles. The van der Waals surface area contributed by atoms with E-state index in [1.807, 2.05) is 0 Å². The van der Waals surface area contributed by atoms with Gasteiger partial charge in [0.05, 0.1) is 6.42 Å². The Balaban J connectivity index is 2.54. The van der Waals surface area contributed by atoms with Crippen LogP contribution in [-0.2, 0) is 9.59 Å². The SMILES string of the molecule is CCC1(C)CCN(C(=O)N[C@@H](CC(N)=O)C(=O)O)CC1. The zero-order valence-electron chi connectivity index (χ0n) is 12.0. The van der Waals surface area contributed by atoms with Crippen LogP contribution in [0.3, 0.4) is 0 Å². The number of piperidine rings is 1. The zero-order valence-corrected chi connectivity index (χ0v) is 12.0. The number of carbonyl (C=O) groups is 3. The highest BCUT2D eigenvalue weighted by molar-refractivity contribution is 5.87. The largest absolute Gasteiger partial charge is 0.480 e. The Labute approximate surface area is 118 Å². The lowest BCUT2D eigenvalue weighted by molar-refractivity contribution is -0.141. The standard InChI is InChI=1S/C13H23N3O4/c1-3-13(2)4-6-16(7-5-13)12(20)15-9(11(18)19)8-10(14)17/h9H,3-8H2,1-2H3,(H2,14,17)(H,15,20)(H,18,19)/t9-/m0/s1. The van der Waals surface area contributed by atoms with Gasteiger partial charge in [0.2, 0.25) is 5.91 Å². The summed E-state index contributed by atoms with van der Waals surface area (Å²) in [5.74, 6) is -2.01. The molecule has 114 valence electrons. The number of hydrogen-bond donors (Lipinski definition) is 3. The highest BCUT2D eigenvalue weighted by atomic mass is 16.4. The Bertz CT molecular complexity index is 389. The van der Waals surface area contributed by atoms with Crippen molar-refractivity contribution in [2.45, 2.75) is 45.6 Å². The Hall–Kier alpha value is -1.79. The molecule has 0 unspecified atom stereocenters. The number of carbonyl (C=O) groups excluding carboxylic acids is 2. The minimum atomic E-state index is -1.26. The van der Waals surface area contributed by atoms with E-state index < -0.39 is 30.4 Å². The van der Waals surface area contributed by atoms with Gasteiger partial charge in [0.1, 0.15) is 6.04 Å². The summed E-state index contributed by atoms with van der Waals surface area (Å²) in [6, 6.07) is -1.71. The molecule has 1 aliphatic rings. The van der Waals surface area contributed by atoms with E-state index in [0.717, 1.165) is 19.3 Å². The quantitative estimate of drug-likeness (QED) is 0.684. The monoisotopic (exact) mass is 285 g/mol. The molecular weight excluding hydrogens is 262 g/mol. The van der Waals surface area contributed by atoms with Crippen molar-refractivity contribution in [2.75, 3.05) is 13.1 Å². The number of nitrogens with zero attached hydrogens (tertiary/aromatic N) is 1. The third-order valence-electron chi connectivity index (χ3n) is 4.11. The van der Waals surface area contributed by atoms with Gasteiger partial charge in [0.25, 0.3) is 0 Å². The second kappa shape index (κ2) is 6.58. The maximum absolute atomic E-state index is 12.0. The van der Waals surface area contributed by atoms with Crippen LogP contribution in [0.5, 0.6) is 0 Å². The second-order valence-electron chi connectivity index (χ2n) is 5.66. The summed E-state index contributed by atoms with van der Waals surface area (Å²) in [6.07, 6.45) is 2.44. The molecule has 3 amide bonds. The Morgan fingerprint density at radius 2 is 1.90 bits per heavy atom. The fourth-order valence-electron chi connectivity index (χ4n) is 2.24. The van der Waals surface area contributed by atoms with Gasteiger partial charge in [-0.25, -0.2) is 9.59 Å². The summed E-state index contributed by atoms with van der Waals surface area (Å²) in [4.78, 5) is 35.3. The second-order valence-corrected chi connectivity index (χ2v) is 5.66. The van der Waals surface area contributed by atoms with Crippen LogP contribution in [-0.4, -0.2) is 47.0 Å². The van der Waals surface area contributed by atoms with Crippen LogP contribution in [0.1, 0.15) is 39.5 Å². The molecule has 0 aliphatic carbocycles. The van der Waals surface area contributed by atoms with Gasteiger partial charge in [0.15, 0.2) is 0 Å². The van der Waals surface area contributed by atoms with Crippen LogP contribution in [0, 0.1) is 5.41 Å². The van der Waals surface area contributed by atoms with Gasteiger partial charge in [-0.1, -0.05) is 20.3 Å². The van der Waals surface area contributed by atoms with Gasteiger partial charge in [-0.3, -0.25) is 4.79 Å². The van der Waals surface area contributed by atoms with Crippen molar-refractivity contribution in [2.24, 2.45) is 11.1 Å². The van der Waals surface area contributed by atoms with E-state index in [1.165, 1.54) is 0 Å². The van der Waals surface area contributed by atoms with E-state index in [2.05, 4.69) is 19.2 Å². The van der Waals surface area contributed by atoms with Crippen LogP contribution < -0.4 is 11.1 Å². The highest BCUT2D eigenvalue weighted by Crippen LogP contribution is 2.33. The predicted molar refractivity (Wildman–Crippen MR) is 73.0 cm³/mol. The molecule has 0 aromatic heterocycles. The summed E-state index contributed by atoms with van der Waals surface area (Å²) in [6.45, 7) is 5.51. The normalized spacial score (nSPS) is 19.2. The smallest absolute Gasteiger partial charge is 0.326 e. The first kappa shape index (κ1) is 16.3. The molecule has 1 saturated heterocycles. The van der Waals surface area contributed by atoms with Gasteiger partial charge in [0, 0.05) is 13.1 Å². The lowest BCUT2D eigenvalue weighted by Crippen LogP contribution is -2.52. The molecule has 0 radical (unpaired) electrons. The number of primary amides is 1. The Morgan fingerprint density at radius 3 is 2.30 bits per heavy atom. The van der Waals surface area contributed by atoms with Crippen molar-refractivity contribution < 1.29 is 19.5 Å². The minimum absolute atomic E-state index is 0.246. The number of urea groups is 1. The van der Waals surface area contributed by atoms with E-state index >= 15 is 0 Å². The fourth-order valence-corrected chi connectivity index (χ4v) is 2.24. The maximum Gasteiger partial charge on any atom is 0.326 e. The Morgan fingerprint density at radius 1 is 1.35 bits per heavy atom. The summed E-state index contributed by atoms with van der Waals surface area (Å²) < 4.78 is 0. The average molecular weight is 285 g/mol. The number of carboxylic acids is 1. The molecule has 0 aromatic rings. The van der Waals surface area contributed by atoms with Crippen molar-refractivity contribution in [1.82, 2.24) is 10.2 Å². The molecule has 4 N–H and O–H groups in total. The summed E-state index contributed by atoms with van der Waals surface area (Å²) in [5, 5.41) is 11.3. The number of nitrogens with one attached hydrogen (secondary N) is 1. The van der Waals surface area contributed by atoms with E-state index in [-0.39, 0.29) is 5.41 Å². The third kappa shape index (κ3) is 4.40. The number of amides is 3. The lowest BCUT2D eigenvalue weighted by atomic mass is 9.78. The number of carboxylic acid groups (broad SMARTS) is 1. The van der Waals surface area contributed by atoms with Crippen LogP contribution in [0.15, 0.2) is 0 Å². The summed E-state index contributed by atoms with van der Waals surface area (Å²) >= 11 is 0. The Kier molecular flexibility index (Phi) is 5.35. The van der Waals surface area contributed by atoms with E-state index in [0.29, 0.717) is 13.1 Å². The van der Waals surface area contributed by atoms with Gasteiger partial charge in [-0.15, -0.1) is 0 Å². The molecule has 1 atom stereocenters. The van der Waals surface area contributed by atoms with Gasteiger partial charge >= 0.3 is 12.0 Å². The first-order valence-electron chi connectivity index (χ1n) is 6.84. The molecule has 1 fully saturated rings. The maximum atomic E-state index is 12.0. The van der Waals surface area contributed by atoms with Gasteiger partial charge in [-0.05, 0) is 18.3 Å². The molecule has 0 bridgehead atoms. The molecule has 1 rings (SSSR count). The molecule has 7 nitrogen and oxygen atoms in total. The zero-order chi connectivity index (χ0) is 15.3. The van der Waals surface area contributed by atoms with Crippen molar-refractivity contribution in [1.29, 1.82) is 0 Å². The summed E-state index contributed by atoms with van der Waals surface area (Å²) in [5.41, 5.74) is 5.22. The molecule has 7 heteroatoms. The number of likely N-dealkylation sites (tertiary alicyclic amines) is 1. The first-order valence-corrected chi connectivity index (χ1v) is 6.84. The van der Waals surface area contributed by atoms with Crippen molar-refractivity contribution in [3.63, 3.8) is 0 Å². The molecular formula is C13H23N3O4. The van der Waals surface area contributed by atoms with Crippen LogP contribution in [0.2, 0.25) is 0 Å². The van der Waals surface area contributed by atoms with Crippen LogP contribution in [0.25, 0.3) is 0 Å². The van der Waals surface area contributed by atoms with E-state index in [1.54, 1.807) is 4.90 Å². The molecule has 0 aromatic carbocycles. The van der Waals surface area contributed by atoms with Crippen molar-refractivity contribution in [3.8, 4) is 0 Å². The average Bonchev–Trinajstić information content (AvgIpc) is 2.38. The number of rotatable bonds is 5. The van der Waals surface area contributed by atoms with Crippen LogP contribution in [0.4, 0.5) is 4.79 Å². The van der Waals surface area contributed by atoms with Gasteiger partial charge < -0.3 is 21.1 Å². The van der Waals surface area contributed by atoms with E-state index in [4.69, 9.17) is 10.8 Å². The lowest BCUT2D eigenvalue weighted by Gasteiger charge is -2.39. The highest BCUT2D eigenvalue weighted by Gasteiger charge is 2.32. The fraction of sp³-hybridized carbons (Fsp3) is 0.769. The minimum Gasteiger partial charge on any atom is -0.480 e. The molecule has 0 saturated carbocycles. The summed E-state index contributed by atoms with van der Waals surface area (Å²) in [7, 11) is 0. The number of hydrogen-bond acceptors (Lipinski definition) is 3. The molecule has 20 heavy (non-hydrogen) atoms. The van der Waals surface area contributed by atoms with Crippen molar-refractivity contribution in [3.05, 3.63) is 0 Å². The topological polar surface area (TPSA) is 113 Å². The predicted octanol–water partition coefficient (Wildman–Crippen LogP) is 0.537. The first-order chi connectivity index (χ1) is 9.27.